The van der Waals surface area contributed by atoms with Crippen LogP contribution < -0.4 is 21.6 Å². The predicted octanol–water partition coefficient (Wildman–Crippen LogP) is -1.57. The van der Waals surface area contributed by atoms with Gasteiger partial charge in [-0.2, -0.15) is 0 Å². The number of carbonyl (C=O) groups excluding carboxylic acids is 1. The molecule has 1 aliphatic carbocycles. The molecule has 0 fully saturated rings. The first kappa shape index (κ1) is 13.9. The molecule has 7 N–H and O–H groups in total. The third-order valence-electron chi connectivity index (χ3n) is 1.78. The first-order chi connectivity index (χ1) is 7.08. The molecule has 0 aromatic carbocycles. The maximum atomic E-state index is 10.2. The second kappa shape index (κ2) is 6.41. The van der Waals surface area contributed by atoms with E-state index in [4.69, 9.17) is 11.5 Å². The highest BCUT2D eigenvalue weighted by Crippen LogP contribution is 2.07. The number of carbonyl (C=O) groups is 1. The summed E-state index contributed by atoms with van der Waals surface area (Å²) < 4.78 is 0. The van der Waals surface area contributed by atoms with Gasteiger partial charge < -0.3 is 22.1 Å². The summed E-state index contributed by atoms with van der Waals surface area (Å²) in [4.78, 5) is 12.9. The molecular formula is C10H15N3O3. The number of pyridine rings is 1. The van der Waals surface area contributed by atoms with E-state index in [1.165, 1.54) is 6.08 Å². The van der Waals surface area contributed by atoms with E-state index >= 15 is 0 Å². The van der Waals surface area contributed by atoms with E-state index in [1.807, 2.05) is 0 Å². The molecule has 0 amide bonds. The minimum atomic E-state index is -0.0231. The van der Waals surface area contributed by atoms with Crippen molar-refractivity contribution < 1.29 is 20.4 Å². The number of aromatic nitrogens is 1. The van der Waals surface area contributed by atoms with E-state index < -0.39 is 0 Å². The van der Waals surface area contributed by atoms with Gasteiger partial charge in [-0.1, -0.05) is 0 Å². The van der Waals surface area contributed by atoms with Crippen LogP contribution in [0.4, 0.5) is 11.6 Å². The highest BCUT2D eigenvalue weighted by molar-refractivity contribution is 5.92. The maximum absolute atomic E-state index is 10.2. The number of anilines is 2. The van der Waals surface area contributed by atoms with Gasteiger partial charge in [0.25, 0.3) is 0 Å². The van der Waals surface area contributed by atoms with Crippen LogP contribution in [-0.4, -0.2) is 11.3 Å². The van der Waals surface area contributed by atoms with Crippen molar-refractivity contribution in [2.45, 2.75) is 12.8 Å². The van der Waals surface area contributed by atoms with Crippen LogP contribution in [0, 0.1) is 0 Å². The van der Waals surface area contributed by atoms with Crippen molar-refractivity contribution in [3.05, 3.63) is 30.0 Å². The summed E-state index contributed by atoms with van der Waals surface area (Å²) in [5, 5.41) is 10.2. The summed E-state index contributed by atoms with van der Waals surface area (Å²) in [5.41, 5.74) is 10.6. The third-order valence-corrected chi connectivity index (χ3v) is 1.78. The summed E-state index contributed by atoms with van der Waals surface area (Å²) in [6.07, 6.45) is 2.03. The number of H-pyrrole nitrogens is 1. The maximum Gasteiger partial charge on any atom is 0.216 e. The van der Waals surface area contributed by atoms with Gasteiger partial charge in [-0.25, -0.2) is 4.98 Å². The summed E-state index contributed by atoms with van der Waals surface area (Å²) in [5.74, 6) is 1.13. The fourth-order valence-electron chi connectivity index (χ4n) is 1.08. The summed E-state index contributed by atoms with van der Waals surface area (Å²) >= 11 is 0. The lowest BCUT2D eigenvalue weighted by Gasteiger charge is -1.98. The van der Waals surface area contributed by atoms with E-state index in [-0.39, 0.29) is 17.0 Å². The van der Waals surface area contributed by atoms with Gasteiger partial charge in [0.2, 0.25) is 11.6 Å². The molecule has 1 aromatic heterocycles. The van der Waals surface area contributed by atoms with Crippen LogP contribution in [0.5, 0.6) is 0 Å². The number of hydrogen-bond acceptors (Lipinski definition) is 4. The normalized spacial score (nSPS) is 13.2. The Morgan fingerprint density at radius 2 is 1.75 bits per heavy atom. The highest BCUT2D eigenvalue weighted by Gasteiger charge is 2.02. The van der Waals surface area contributed by atoms with Gasteiger partial charge in [-0.3, -0.25) is 4.79 Å². The molecule has 1 aromatic rings. The van der Waals surface area contributed by atoms with Gasteiger partial charge in [-0.15, -0.1) is 5.76 Å². The van der Waals surface area contributed by atoms with Gasteiger partial charge in [0.1, 0.15) is 0 Å². The Balaban J connectivity index is 0.000000267. The van der Waals surface area contributed by atoms with E-state index in [2.05, 4.69) is 4.98 Å². The van der Waals surface area contributed by atoms with Gasteiger partial charge in [0.15, 0.2) is 5.78 Å². The SMILES string of the molecule is Nc1cccc(N)[nH+]1.O.O=C1C=C([O-])CC1. The average Bonchev–Trinajstić information content (AvgIpc) is 2.50. The first-order valence-corrected chi connectivity index (χ1v) is 4.51. The smallest absolute Gasteiger partial charge is 0.216 e. The first-order valence-electron chi connectivity index (χ1n) is 4.51. The molecule has 0 saturated heterocycles. The number of allylic oxidation sites excluding steroid dienone is 2. The van der Waals surface area contributed by atoms with Crippen LogP contribution in [0.2, 0.25) is 0 Å². The zero-order chi connectivity index (χ0) is 11.3. The molecule has 16 heavy (non-hydrogen) atoms. The zero-order valence-electron chi connectivity index (χ0n) is 8.69. The Hall–Kier alpha value is -2.08. The summed E-state index contributed by atoms with van der Waals surface area (Å²) in [6, 6.07) is 5.29. The molecule has 0 aliphatic heterocycles. The molecule has 0 atom stereocenters. The van der Waals surface area contributed by atoms with Crippen molar-refractivity contribution >= 4 is 17.4 Å². The van der Waals surface area contributed by atoms with Gasteiger partial charge in [-0.05, 0) is 18.6 Å². The largest absolute Gasteiger partial charge is 0.875 e. The van der Waals surface area contributed by atoms with Gasteiger partial charge >= 0.3 is 0 Å². The zero-order valence-corrected chi connectivity index (χ0v) is 8.69. The number of nitrogen functional groups attached to an aromatic ring is 2. The lowest BCUT2D eigenvalue weighted by atomic mass is 10.3. The number of rotatable bonds is 0. The standard InChI is InChI=1S/C5H7N3.C5H6O2.H2O/c6-4-2-1-3-5(7)8-4;6-4-1-2-5(7)3-4;/h1-3H,(H4,6,7,8);3,6H,1-2H2;1H2. The lowest BCUT2D eigenvalue weighted by molar-refractivity contribution is -0.342. The highest BCUT2D eigenvalue weighted by atomic mass is 16.3. The minimum absolute atomic E-state index is 0. The van der Waals surface area contributed by atoms with Crippen LogP contribution in [0.1, 0.15) is 12.8 Å². The molecule has 6 nitrogen and oxygen atoms in total. The third kappa shape index (κ3) is 4.97. The molecule has 2 rings (SSSR count). The number of ketones is 1. The van der Waals surface area contributed by atoms with Crippen LogP contribution in [-0.2, 0) is 4.79 Å². The predicted molar refractivity (Wildman–Crippen MR) is 57.8 cm³/mol. The van der Waals surface area contributed by atoms with Gasteiger partial charge in [0.05, 0.1) is 0 Å². The van der Waals surface area contributed by atoms with Crippen molar-refractivity contribution in [3.8, 4) is 0 Å². The Morgan fingerprint density at radius 3 is 1.94 bits per heavy atom. The molecule has 1 heterocycles. The van der Waals surface area contributed by atoms with E-state index in [0.29, 0.717) is 24.5 Å². The molecule has 88 valence electrons. The molecule has 6 heteroatoms. The fourth-order valence-corrected chi connectivity index (χ4v) is 1.08. The molecular weight excluding hydrogens is 210 g/mol. The van der Waals surface area contributed by atoms with Crippen molar-refractivity contribution in [1.82, 2.24) is 0 Å². The Bertz CT molecular complexity index is 373. The molecule has 0 unspecified atom stereocenters. The van der Waals surface area contributed by atoms with Crippen LogP contribution in [0.25, 0.3) is 0 Å². The number of nitrogens with two attached hydrogens (primary N) is 2. The summed E-state index contributed by atoms with van der Waals surface area (Å²) in [6.45, 7) is 0. The van der Waals surface area contributed by atoms with Crippen LogP contribution in [0.3, 0.4) is 0 Å². The molecule has 0 spiro atoms. The van der Waals surface area contributed by atoms with Gasteiger partial charge in [0, 0.05) is 18.6 Å². The number of hydrogen-bond donors (Lipinski definition) is 2. The Kier molecular flexibility index (Phi) is 5.58. The quantitative estimate of drug-likeness (QED) is 0.551. The number of nitrogens with one attached hydrogen (secondary N) is 1. The van der Waals surface area contributed by atoms with E-state index in [1.54, 1.807) is 18.2 Å². The van der Waals surface area contributed by atoms with Crippen molar-refractivity contribution in [1.29, 1.82) is 0 Å². The Morgan fingerprint density at radius 1 is 1.19 bits per heavy atom. The van der Waals surface area contributed by atoms with E-state index in [9.17, 15) is 9.90 Å². The minimum Gasteiger partial charge on any atom is -0.875 e. The monoisotopic (exact) mass is 225 g/mol. The molecule has 0 saturated carbocycles. The van der Waals surface area contributed by atoms with Crippen molar-refractivity contribution in [2.24, 2.45) is 0 Å². The van der Waals surface area contributed by atoms with Crippen LogP contribution in [0.15, 0.2) is 30.0 Å². The molecule has 0 radical (unpaired) electrons. The second-order valence-corrected chi connectivity index (χ2v) is 3.14. The average molecular weight is 225 g/mol. The van der Waals surface area contributed by atoms with Crippen LogP contribution >= 0.6 is 0 Å². The lowest BCUT2D eigenvalue weighted by Crippen LogP contribution is -2.14. The summed E-state index contributed by atoms with van der Waals surface area (Å²) in [7, 11) is 0. The molecule has 0 bridgehead atoms. The fraction of sp³-hybridized carbons (Fsp3) is 0.200. The van der Waals surface area contributed by atoms with E-state index in [0.717, 1.165) is 0 Å². The van der Waals surface area contributed by atoms with Crippen molar-refractivity contribution in [2.75, 3.05) is 11.5 Å². The Labute approximate surface area is 92.9 Å². The van der Waals surface area contributed by atoms with Crippen molar-refractivity contribution in [3.63, 3.8) is 0 Å². The second-order valence-electron chi connectivity index (χ2n) is 3.14. The molecule has 1 aliphatic rings. The topological polar surface area (TPSA) is 138 Å². The number of aromatic amines is 1.